The molecule has 0 aliphatic carbocycles. The van der Waals surface area contributed by atoms with Crippen LogP contribution in [0.2, 0.25) is 0 Å². The van der Waals surface area contributed by atoms with Crippen LogP contribution in [0.1, 0.15) is 24.5 Å². The Bertz CT molecular complexity index is 743. The largest absolute Gasteiger partial charge is 0.480 e. The average molecular weight is 347 g/mol. The minimum Gasteiger partial charge on any atom is -0.480 e. The number of benzene rings is 2. The third-order valence-corrected chi connectivity index (χ3v) is 4.26. The summed E-state index contributed by atoms with van der Waals surface area (Å²) < 4.78 is 25.8. The Morgan fingerprint density at radius 2 is 1.88 bits per heavy atom. The number of anilines is 1. The summed E-state index contributed by atoms with van der Waals surface area (Å²) in [4.78, 5) is 12.7. The number of hydrogen-bond donors (Lipinski definition) is 2. The van der Waals surface area contributed by atoms with Gasteiger partial charge in [-0.25, -0.2) is 4.21 Å². The van der Waals surface area contributed by atoms with Gasteiger partial charge in [-0.15, -0.1) is 0 Å². The molecule has 0 fully saturated rings. The van der Waals surface area contributed by atoms with Gasteiger partial charge in [-0.3, -0.25) is 4.79 Å². The maximum Gasteiger partial charge on any atom is 0.265 e. The van der Waals surface area contributed by atoms with Gasteiger partial charge in [0.15, 0.2) is 17.2 Å². The molecule has 2 N–H and O–H groups in total. The number of rotatable bonds is 6. The van der Waals surface area contributed by atoms with Crippen LogP contribution < -0.4 is 10.1 Å². The van der Waals surface area contributed by atoms with Crippen LogP contribution in [0.15, 0.2) is 47.4 Å². The number of aryl methyl sites for hydroxylation is 2. The minimum absolute atomic E-state index is 0.254. The van der Waals surface area contributed by atoms with Crippen molar-refractivity contribution in [2.45, 2.75) is 38.2 Å². The molecule has 5 nitrogen and oxygen atoms in total. The van der Waals surface area contributed by atoms with Crippen molar-refractivity contribution >= 4 is 22.7 Å². The van der Waals surface area contributed by atoms with Gasteiger partial charge in [0.2, 0.25) is 0 Å². The number of ether oxygens (including phenoxy) is 1. The zero-order valence-corrected chi connectivity index (χ0v) is 14.7. The Hall–Kier alpha value is -2.18. The number of nitrogens with one attached hydrogen (secondary N) is 1. The van der Waals surface area contributed by atoms with E-state index in [0.29, 0.717) is 17.9 Å². The molecule has 0 aliphatic rings. The molecule has 0 spiro atoms. The predicted molar refractivity (Wildman–Crippen MR) is 94.7 cm³/mol. The topological polar surface area (TPSA) is 75.6 Å². The second-order valence-corrected chi connectivity index (χ2v) is 6.52. The van der Waals surface area contributed by atoms with Crippen LogP contribution in [0, 0.1) is 13.8 Å². The van der Waals surface area contributed by atoms with Crippen molar-refractivity contribution in [3.05, 3.63) is 53.6 Å². The summed E-state index contributed by atoms with van der Waals surface area (Å²) in [6, 6.07) is 12.0. The van der Waals surface area contributed by atoms with E-state index >= 15 is 0 Å². The quantitative estimate of drug-likeness (QED) is 0.782. The summed E-state index contributed by atoms with van der Waals surface area (Å²) in [6.45, 7) is 5.83. The highest BCUT2D eigenvalue weighted by Gasteiger charge is 2.19. The van der Waals surface area contributed by atoms with Gasteiger partial charge in [0.1, 0.15) is 5.75 Å². The maximum absolute atomic E-state index is 12.4. The van der Waals surface area contributed by atoms with E-state index in [1.807, 2.05) is 39.0 Å². The normalized spacial score (nSPS) is 13.2. The van der Waals surface area contributed by atoms with Gasteiger partial charge in [0.25, 0.3) is 5.91 Å². The Morgan fingerprint density at radius 3 is 2.42 bits per heavy atom. The second-order valence-electron chi connectivity index (χ2n) is 5.55. The van der Waals surface area contributed by atoms with Gasteiger partial charge < -0.3 is 14.6 Å². The lowest BCUT2D eigenvalue weighted by Crippen LogP contribution is -2.32. The fourth-order valence-electron chi connectivity index (χ4n) is 2.28. The van der Waals surface area contributed by atoms with E-state index in [0.717, 1.165) is 11.1 Å². The highest BCUT2D eigenvalue weighted by atomic mass is 32.2. The molecule has 0 aliphatic heterocycles. The Kier molecular flexibility index (Phi) is 6.11. The summed E-state index contributed by atoms with van der Waals surface area (Å²) in [5.41, 5.74) is 2.67. The summed E-state index contributed by atoms with van der Waals surface area (Å²) in [6.07, 6.45) is -0.0872. The summed E-state index contributed by atoms with van der Waals surface area (Å²) in [7, 11) is 0. The number of carbonyl (C=O) groups excluding carboxylic acids is 1. The molecule has 0 saturated heterocycles. The van der Waals surface area contributed by atoms with Gasteiger partial charge >= 0.3 is 0 Å². The van der Waals surface area contributed by atoms with Crippen molar-refractivity contribution in [3.8, 4) is 5.75 Å². The van der Waals surface area contributed by atoms with Gasteiger partial charge in [-0.2, -0.15) is 0 Å². The lowest BCUT2D eigenvalue weighted by atomic mass is 10.1. The molecule has 0 aromatic heterocycles. The minimum atomic E-state index is -2.03. The first-order valence-electron chi connectivity index (χ1n) is 7.66. The molecule has 0 heterocycles. The van der Waals surface area contributed by atoms with Gasteiger partial charge in [-0.1, -0.05) is 24.6 Å². The predicted octanol–water partition coefficient (Wildman–Crippen LogP) is 3.68. The molecule has 0 bridgehead atoms. The first-order chi connectivity index (χ1) is 11.4. The van der Waals surface area contributed by atoms with Crippen molar-refractivity contribution in [1.82, 2.24) is 0 Å². The van der Waals surface area contributed by atoms with Crippen molar-refractivity contribution in [2.75, 3.05) is 5.32 Å². The fourth-order valence-corrected chi connectivity index (χ4v) is 2.65. The van der Waals surface area contributed by atoms with Gasteiger partial charge in [-0.05, 0) is 56.2 Å². The molecule has 2 atom stereocenters. The summed E-state index contributed by atoms with van der Waals surface area (Å²) in [5, 5.41) is 2.77. The van der Waals surface area contributed by atoms with Gasteiger partial charge in [0.05, 0.1) is 4.90 Å². The smallest absolute Gasteiger partial charge is 0.265 e. The Labute approximate surface area is 144 Å². The Morgan fingerprint density at radius 1 is 1.21 bits per heavy atom. The standard InChI is InChI=1S/C18H21NO4S/c1-4-16(23-17-10-5-12(2)11-13(17)3)18(20)19-14-6-8-15(9-7-14)24(21)22/h5-11,16H,4H2,1-3H3,(H,19,20)(H,21,22). The molecule has 0 saturated carbocycles. The zero-order valence-electron chi connectivity index (χ0n) is 13.9. The zero-order chi connectivity index (χ0) is 17.7. The maximum atomic E-state index is 12.4. The van der Waals surface area contributed by atoms with E-state index in [9.17, 15) is 9.00 Å². The van der Waals surface area contributed by atoms with Crippen LogP contribution in [0.3, 0.4) is 0 Å². The second kappa shape index (κ2) is 8.08. The van der Waals surface area contributed by atoms with E-state index in [1.54, 1.807) is 12.1 Å². The van der Waals surface area contributed by atoms with E-state index in [1.165, 1.54) is 12.1 Å². The van der Waals surface area contributed by atoms with Crippen molar-refractivity contribution < 1.29 is 18.3 Å². The molecular weight excluding hydrogens is 326 g/mol. The lowest BCUT2D eigenvalue weighted by Gasteiger charge is -2.19. The SMILES string of the molecule is CCC(Oc1ccc(C)cc1C)C(=O)Nc1ccc(S(=O)O)cc1. The van der Waals surface area contributed by atoms with Crippen molar-refractivity contribution in [3.63, 3.8) is 0 Å². The molecule has 24 heavy (non-hydrogen) atoms. The van der Waals surface area contributed by atoms with Crippen LogP contribution in [-0.2, 0) is 15.9 Å². The van der Waals surface area contributed by atoms with Crippen LogP contribution in [0.4, 0.5) is 5.69 Å². The van der Waals surface area contributed by atoms with E-state index in [4.69, 9.17) is 9.29 Å². The van der Waals surface area contributed by atoms with Crippen LogP contribution in [-0.4, -0.2) is 20.8 Å². The molecular formula is C18H21NO4S. The average Bonchev–Trinajstić information content (AvgIpc) is 2.54. The summed E-state index contributed by atoms with van der Waals surface area (Å²) in [5.74, 6) is 0.434. The third kappa shape index (κ3) is 4.66. The highest BCUT2D eigenvalue weighted by Crippen LogP contribution is 2.21. The highest BCUT2D eigenvalue weighted by molar-refractivity contribution is 7.79. The van der Waals surface area contributed by atoms with Gasteiger partial charge in [0, 0.05) is 5.69 Å². The number of amides is 1. The lowest BCUT2D eigenvalue weighted by molar-refractivity contribution is -0.122. The molecule has 128 valence electrons. The monoisotopic (exact) mass is 347 g/mol. The van der Waals surface area contributed by atoms with Crippen LogP contribution in [0.25, 0.3) is 0 Å². The van der Waals surface area contributed by atoms with E-state index in [-0.39, 0.29) is 10.8 Å². The number of hydrogen-bond acceptors (Lipinski definition) is 3. The first kappa shape index (κ1) is 18.2. The molecule has 2 rings (SSSR count). The number of carbonyl (C=O) groups is 1. The van der Waals surface area contributed by atoms with Crippen LogP contribution >= 0.6 is 0 Å². The molecule has 0 radical (unpaired) electrons. The summed E-state index contributed by atoms with van der Waals surface area (Å²) >= 11 is -2.03. The molecule has 2 aromatic rings. The fraction of sp³-hybridized carbons (Fsp3) is 0.278. The van der Waals surface area contributed by atoms with E-state index in [2.05, 4.69) is 5.32 Å². The Balaban J connectivity index is 2.06. The van der Waals surface area contributed by atoms with E-state index < -0.39 is 17.2 Å². The molecule has 2 aromatic carbocycles. The molecule has 2 unspecified atom stereocenters. The van der Waals surface area contributed by atoms with Crippen molar-refractivity contribution in [2.24, 2.45) is 0 Å². The third-order valence-electron chi connectivity index (χ3n) is 3.59. The van der Waals surface area contributed by atoms with Crippen LogP contribution in [0.5, 0.6) is 5.75 Å². The van der Waals surface area contributed by atoms with Crippen molar-refractivity contribution in [1.29, 1.82) is 0 Å². The molecule has 6 heteroatoms. The molecule has 1 amide bonds. The first-order valence-corrected chi connectivity index (χ1v) is 8.77.